The number of sulfonamides is 1. The minimum absolute atomic E-state index is 0.00912. The summed E-state index contributed by atoms with van der Waals surface area (Å²) in [4.78, 5) is 32.9. The number of hydroxylamine groups is 1. The van der Waals surface area contributed by atoms with E-state index in [0.29, 0.717) is 37.4 Å². The van der Waals surface area contributed by atoms with Crippen molar-refractivity contribution in [3.63, 3.8) is 0 Å². The number of fused-ring (bicyclic) bond motifs is 1. The summed E-state index contributed by atoms with van der Waals surface area (Å²) >= 11 is 0. The van der Waals surface area contributed by atoms with Crippen molar-refractivity contribution in [2.45, 2.75) is 108 Å². The molecule has 4 aliphatic rings. The lowest BCUT2D eigenvalue weighted by atomic mass is 9.59. The van der Waals surface area contributed by atoms with Crippen LogP contribution in [0.1, 0.15) is 113 Å². The van der Waals surface area contributed by atoms with Gasteiger partial charge in [0.25, 0.3) is 21.8 Å². The average Bonchev–Trinajstić information content (AvgIpc) is 3.70. The summed E-state index contributed by atoms with van der Waals surface area (Å²) in [7, 11) is -1.85. The molecule has 2 atom stereocenters. The van der Waals surface area contributed by atoms with Crippen LogP contribution >= 0.6 is 0 Å². The number of ether oxygens (including phenoxy) is 2. The molecule has 2 aliphatic carbocycles. The monoisotopic (exact) mass is 981 g/mol. The number of carbonyl (C=O) groups excluding carboxylic acids is 1. The van der Waals surface area contributed by atoms with Crippen molar-refractivity contribution in [1.29, 1.82) is 0 Å². The zero-order chi connectivity index (χ0) is 49.5. The van der Waals surface area contributed by atoms with Gasteiger partial charge in [-0.15, -0.1) is 0 Å². The second kappa shape index (κ2) is 20.0. The number of methoxy groups -OCH3 is 1. The molecule has 2 aromatic carbocycles. The number of aliphatic hydroxyl groups is 1. The molecule has 5 aromatic rings. The number of anilines is 2. The molecule has 4 fully saturated rings. The first-order valence-electron chi connectivity index (χ1n) is 24.8. The fraction of sp³-hybridized carbons (Fsp3) is 0.519. The molecule has 16 nitrogen and oxygen atoms in total. The maximum Gasteiger partial charge on any atom is 0.268 e. The van der Waals surface area contributed by atoms with Crippen molar-refractivity contribution in [3.05, 3.63) is 94.7 Å². The molecule has 2 unspecified atom stereocenters. The lowest BCUT2D eigenvalue weighted by Gasteiger charge is -2.58. The first kappa shape index (κ1) is 49.6. The minimum atomic E-state index is -4.57. The highest BCUT2D eigenvalue weighted by Gasteiger charge is 2.50. The number of nitrogens with zero attached hydrogens (tertiary/aromatic N) is 5. The van der Waals surface area contributed by atoms with Crippen LogP contribution in [0.2, 0.25) is 0 Å². The summed E-state index contributed by atoms with van der Waals surface area (Å²) in [6.07, 6.45) is 9.50. The molecule has 1 amide bonds. The third-order valence-electron chi connectivity index (χ3n) is 15.6. The molecule has 0 bridgehead atoms. The van der Waals surface area contributed by atoms with Crippen LogP contribution in [0.15, 0.2) is 71.9 Å². The number of H-pyrrole nitrogens is 1. The predicted octanol–water partition coefficient (Wildman–Crippen LogP) is 7.26. The van der Waals surface area contributed by atoms with E-state index in [1.54, 1.807) is 12.1 Å². The van der Waals surface area contributed by atoms with Crippen molar-refractivity contribution in [2.24, 2.45) is 11.3 Å². The van der Waals surface area contributed by atoms with E-state index in [-0.39, 0.29) is 61.7 Å². The molecule has 3 aromatic heterocycles. The molecule has 18 heteroatoms. The normalized spacial score (nSPS) is 22.8. The number of carbonyl (C=O) groups is 1. The van der Waals surface area contributed by atoms with Gasteiger partial charge in [-0.25, -0.2) is 22.5 Å². The number of piperazine rings is 1. The molecular weight excluding hydrogens is 914 g/mol. The van der Waals surface area contributed by atoms with Crippen LogP contribution in [-0.4, -0.2) is 116 Å². The van der Waals surface area contributed by atoms with Crippen molar-refractivity contribution in [2.75, 3.05) is 70.2 Å². The van der Waals surface area contributed by atoms with Crippen LogP contribution in [0.25, 0.3) is 11.0 Å². The fourth-order valence-corrected chi connectivity index (χ4v) is 12.2. The number of piperidine rings is 1. The van der Waals surface area contributed by atoms with Crippen molar-refractivity contribution < 1.29 is 37.2 Å². The molecule has 70 heavy (non-hydrogen) atoms. The highest BCUT2D eigenvalue weighted by Crippen LogP contribution is 2.53. The first-order valence-corrected chi connectivity index (χ1v) is 26.3. The van der Waals surface area contributed by atoms with E-state index in [4.69, 9.17) is 9.47 Å². The van der Waals surface area contributed by atoms with Crippen LogP contribution in [0.4, 0.5) is 21.6 Å². The summed E-state index contributed by atoms with van der Waals surface area (Å²) in [5.41, 5.74) is 3.39. The van der Waals surface area contributed by atoms with E-state index in [1.807, 2.05) is 6.92 Å². The van der Waals surface area contributed by atoms with E-state index in [9.17, 15) is 27.9 Å². The predicted molar refractivity (Wildman–Crippen MR) is 268 cm³/mol. The van der Waals surface area contributed by atoms with Gasteiger partial charge in [0.1, 0.15) is 22.1 Å². The third-order valence-corrected chi connectivity index (χ3v) is 16.9. The topological polar surface area (TPSA) is 193 Å². The highest BCUT2D eigenvalue weighted by molar-refractivity contribution is 7.90. The van der Waals surface area contributed by atoms with Gasteiger partial charge < -0.3 is 45.0 Å². The van der Waals surface area contributed by atoms with Gasteiger partial charge in [-0.05, 0) is 105 Å². The Hall–Kier alpha value is -5.37. The summed E-state index contributed by atoms with van der Waals surface area (Å²) < 4.78 is 56.8. The van der Waals surface area contributed by atoms with Gasteiger partial charge in [0.15, 0.2) is 17.3 Å². The third kappa shape index (κ3) is 10.3. The van der Waals surface area contributed by atoms with Crippen molar-refractivity contribution in [1.82, 2.24) is 29.5 Å². The molecule has 376 valence electrons. The van der Waals surface area contributed by atoms with Crippen molar-refractivity contribution in [3.8, 4) is 17.4 Å². The maximum atomic E-state index is 14.9. The number of rotatable bonds is 15. The van der Waals surface area contributed by atoms with E-state index < -0.39 is 32.4 Å². The van der Waals surface area contributed by atoms with Crippen LogP contribution in [0, 0.1) is 22.4 Å². The number of likely N-dealkylation sites (N-methyl/N-ethyl adjacent to an activating group) is 1. The van der Waals surface area contributed by atoms with Gasteiger partial charge in [-0.3, -0.25) is 9.69 Å². The molecule has 2 aliphatic heterocycles. The molecule has 5 N–H and O–H groups in total. The number of nitrogens with one attached hydrogen (secondary N) is 4. The number of aromatic nitrogens is 3. The standard InChI is InChI=1S/C52H68FN9O7S/c1-7-60-22-23-62(44(32-60)39-11-9-8-10-38(39)33(2)3)36-27-52(28-36)18-20-61(21-19-52)35-12-13-40(45(24-35)69-46-26-41-42(53)31-56-47(41)57-50(46)68-6)49(63)58-70(66,67)37-25-43(59(5)65)48(55-30-37)54-29-34-14-16-51(4,64)17-15-34/h8-13,24-26,30-31,33-34,36,44,59,64H,7,14-23,27-29,32H2,1-6H3,(H,54,55)(H,56,57)(H,58,63)/t34-,44?,51-. The maximum absolute atomic E-state index is 14.9. The van der Waals surface area contributed by atoms with Crippen LogP contribution in [0.3, 0.4) is 0 Å². The van der Waals surface area contributed by atoms with E-state index in [1.165, 1.54) is 49.7 Å². The Morgan fingerprint density at radius 2 is 1.79 bits per heavy atom. The van der Waals surface area contributed by atoms with Gasteiger partial charge in [-0.2, -0.15) is 4.98 Å². The quantitative estimate of drug-likeness (QED) is 0.0659. The van der Waals surface area contributed by atoms with E-state index in [0.717, 1.165) is 89.7 Å². The second-order valence-corrected chi connectivity index (χ2v) is 22.4. The number of benzene rings is 2. The number of hydrogen-bond acceptors (Lipinski definition) is 13. The van der Waals surface area contributed by atoms with Crippen LogP contribution < -0.4 is 29.5 Å². The number of quaternary nitrogens is 1. The molecule has 1 spiro atoms. The Morgan fingerprint density at radius 1 is 1.04 bits per heavy atom. The number of halogens is 1. The number of aromatic amines is 1. The van der Waals surface area contributed by atoms with Gasteiger partial charge in [0.2, 0.25) is 0 Å². The second-order valence-electron chi connectivity index (χ2n) is 20.7. The summed E-state index contributed by atoms with van der Waals surface area (Å²) in [5.74, 6) is -0.563. The smallest absolute Gasteiger partial charge is 0.268 e. The van der Waals surface area contributed by atoms with Crippen LogP contribution in [0.5, 0.6) is 17.4 Å². The molecule has 9 rings (SSSR count). The number of hydrogen-bond donors (Lipinski definition) is 5. The zero-order valence-corrected chi connectivity index (χ0v) is 42.0. The molecule has 2 saturated carbocycles. The minimum Gasteiger partial charge on any atom is -0.629 e. The Balaban J connectivity index is 0.929. The van der Waals surface area contributed by atoms with E-state index in [2.05, 4.69) is 84.7 Å². The summed E-state index contributed by atoms with van der Waals surface area (Å²) in [6, 6.07) is 17.5. The number of pyridine rings is 2. The average molecular weight is 982 g/mol. The summed E-state index contributed by atoms with van der Waals surface area (Å²) in [6.45, 7) is 14.9. The van der Waals surface area contributed by atoms with Gasteiger partial charge >= 0.3 is 0 Å². The Bertz CT molecular complexity index is 2800. The van der Waals surface area contributed by atoms with Crippen LogP contribution in [-0.2, 0) is 10.0 Å². The van der Waals surface area contributed by atoms with Crippen molar-refractivity contribution >= 4 is 44.2 Å². The molecule has 2 saturated heterocycles. The fourth-order valence-electron chi connectivity index (χ4n) is 11.3. The lowest BCUT2D eigenvalue weighted by molar-refractivity contribution is -0.751. The highest BCUT2D eigenvalue weighted by atomic mass is 32.2. The molecular formula is C52H68FN9O7S. The zero-order valence-electron chi connectivity index (χ0n) is 41.2. The Morgan fingerprint density at radius 3 is 2.49 bits per heavy atom. The molecule has 0 radical (unpaired) electrons. The SMILES string of the molecule is CCN1CCN(C2CC3(CCN(c4ccc(C(=O)NS(=O)(=O)c5cnc(NC[C@H]6CC[C@](C)(O)CC6)c([NH+](C)[O-])c5)c(Oc5cc6c(F)c[nH]c6nc5OC)c4)CC3)C2)C(c2ccccc2C(C)C)C1. The first-order chi connectivity index (χ1) is 33.4. The Labute approximate surface area is 410 Å². The van der Waals surface area contributed by atoms with Gasteiger partial charge in [-0.1, -0.05) is 45.0 Å². The molecule has 5 heterocycles. The number of amides is 1. The lowest BCUT2D eigenvalue weighted by Crippen LogP contribution is -2.98. The van der Waals surface area contributed by atoms with E-state index >= 15 is 0 Å². The van der Waals surface area contributed by atoms with Gasteiger partial charge in [0, 0.05) is 81.4 Å². The van der Waals surface area contributed by atoms with Gasteiger partial charge in [0.05, 0.1) is 36.9 Å². The largest absolute Gasteiger partial charge is 0.629 e. The summed E-state index contributed by atoms with van der Waals surface area (Å²) in [5, 5.41) is 26.1. The Kier molecular flexibility index (Phi) is 14.2.